The van der Waals surface area contributed by atoms with Crippen molar-refractivity contribution in [2.45, 2.75) is 12.6 Å². The number of aliphatic hydroxyl groups is 1. The molecule has 0 aliphatic carbocycles. The van der Waals surface area contributed by atoms with Crippen molar-refractivity contribution < 1.29 is 28.1 Å². The fraction of sp³-hybridized carbons (Fsp3) is 0.571. The highest BCUT2D eigenvalue weighted by Gasteiger charge is 2.41. The highest BCUT2D eigenvalue weighted by Crippen LogP contribution is 2.44. The Bertz CT molecular complexity index is 690. The van der Waals surface area contributed by atoms with Crippen molar-refractivity contribution in [2.75, 3.05) is 44.2 Å². The molecule has 1 aliphatic heterocycles. The summed E-state index contributed by atoms with van der Waals surface area (Å²) in [5.74, 6) is 0. The predicted octanol–water partition coefficient (Wildman–Crippen LogP) is 2.03. The lowest BCUT2D eigenvalue weighted by molar-refractivity contribution is -0.394. The first-order valence-electron chi connectivity index (χ1n) is 7.77. The van der Waals surface area contributed by atoms with E-state index in [4.69, 9.17) is 5.11 Å². The molecule has 0 spiro atoms. The van der Waals surface area contributed by atoms with E-state index in [1.54, 1.807) is 0 Å². The van der Waals surface area contributed by atoms with Crippen molar-refractivity contribution in [3.8, 4) is 0 Å². The van der Waals surface area contributed by atoms with E-state index in [0.29, 0.717) is 38.2 Å². The van der Waals surface area contributed by atoms with E-state index in [-0.39, 0.29) is 19.7 Å². The second-order valence-electron chi connectivity index (χ2n) is 5.78. The molecule has 0 saturated carbocycles. The molecule has 0 aromatic heterocycles. The zero-order valence-corrected chi connectivity index (χ0v) is 13.6. The van der Waals surface area contributed by atoms with E-state index in [9.17, 15) is 33.4 Å². The van der Waals surface area contributed by atoms with Gasteiger partial charge in [0.15, 0.2) is 0 Å². The first-order chi connectivity index (χ1) is 12.1. The van der Waals surface area contributed by atoms with Crippen LogP contribution in [0.4, 0.5) is 30.2 Å². The van der Waals surface area contributed by atoms with E-state index in [0.717, 1.165) is 0 Å². The van der Waals surface area contributed by atoms with Gasteiger partial charge in [-0.05, 0) is 6.42 Å². The summed E-state index contributed by atoms with van der Waals surface area (Å²) in [5.41, 5.74) is -3.94. The normalized spacial score (nSPS) is 15.9. The average Bonchev–Trinajstić information content (AvgIpc) is 2.58. The summed E-state index contributed by atoms with van der Waals surface area (Å²) in [5, 5.41) is 31.0. The first-order valence-corrected chi connectivity index (χ1v) is 7.77. The minimum absolute atomic E-state index is 0.00768. The molecule has 1 heterocycles. The van der Waals surface area contributed by atoms with Crippen LogP contribution >= 0.6 is 0 Å². The van der Waals surface area contributed by atoms with Crippen molar-refractivity contribution in [2.24, 2.45) is 0 Å². The highest BCUT2D eigenvalue weighted by atomic mass is 19.4. The maximum Gasteiger partial charge on any atom is 0.418 e. The molecule has 0 bridgehead atoms. The molecule has 12 heteroatoms. The molecule has 26 heavy (non-hydrogen) atoms. The summed E-state index contributed by atoms with van der Waals surface area (Å²) in [6, 6.07) is 0.892. The van der Waals surface area contributed by atoms with E-state index >= 15 is 0 Å². The number of nitro benzene ring substituents is 2. The Morgan fingerprint density at radius 2 is 1.69 bits per heavy atom. The Morgan fingerprint density at radius 3 is 2.15 bits per heavy atom. The summed E-state index contributed by atoms with van der Waals surface area (Å²) in [6.45, 7) is 1.50. The molecule has 0 radical (unpaired) electrons. The molecule has 1 aliphatic rings. The number of hydrogen-bond donors (Lipinski definition) is 1. The van der Waals surface area contributed by atoms with E-state index in [2.05, 4.69) is 0 Å². The zero-order chi connectivity index (χ0) is 19.5. The van der Waals surface area contributed by atoms with Crippen LogP contribution < -0.4 is 4.90 Å². The van der Waals surface area contributed by atoms with Crippen molar-refractivity contribution >= 4 is 17.1 Å². The topological polar surface area (TPSA) is 113 Å². The molecular weight excluding hydrogens is 361 g/mol. The third kappa shape index (κ3) is 4.38. The number of benzene rings is 1. The summed E-state index contributed by atoms with van der Waals surface area (Å²) in [4.78, 5) is 23.2. The molecule has 0 amide bonds. The number of non-ortho nitro benzene ring substituents is 1. The second kappa shape index (κ2) is 7.83. The number of hydrogen-bond acceptors (Lipinski definition) is 7. The molecule has 9 nitrogen and oxygen atoms in total. The Balaban J connectivity index is 2.43. The third-order valence-corrected chi connectivity index (χ3v) is 4.11. The largest absolute Gasteiger partial charge is 0.418 e. The Kier molecular flexibility index (Phi) is 5.97. The number of anilines is 1. The summed E-state index contributed by atoms with van der Waals surface area (Å²) in [7, 11) is 0. The van der Waals surface area contributed by atoms with E-state index in [1.807, 2.05) is 4.90 Å². The molecule has 0 atom stereocenters. The van der Waals surface area contributed by atoms with Gasteiger partial charge in [-0.1, -0.05) is 0 Å². The second-order valence-corrected chi connectivity index (χ2v) is 5.78. The number of piperazine rings is 1. The van der Waals surface area contributed by atoms with Gasteiger partial charge < -0.3 is 10.0 Å². The standard InChI is InChI=1S/C14H17F3N4O5/c15-14(16,17)11-8-10(20(23)24)9-12(21(25)26)13(11)19-5-3-18(4-6-19)2-1-7-22/h8-9,22H,1-7H2. The summed E-state index contributed by atoms with van der Waals surface area (Å²) < 4.78 is 40.3. The number of nitro groups is 2. The molecule has 0 unspecified atom stereocenters. The van der Waals surface area contributed by atoms with Crippen LogP contribution in [0.5, 0.6) is 0 Å². The van der Waals surface area contributed by atoms with Crippen molar-refractivity contribution in [3.05, 3.63) is 37.9 Å². The molecular formula is C14H17F3N4O5. The van der Waals surface area contributed by atoms with Crippen LogP contribution in [-0.2, 0) is 6.18 Å². The molecule has 1 aromatic rings. The van der Waals surface area contributed by atoms with Crippen LogP contribution in [0.1, 0.15) is 12.0 Å². The van der Waals surface area contributed by atoms with Gasteiger partial charge in [0.1, 0.15) is 5.69 Å². The number of aliphatic hydroxyl groups excluding tert-OH is 1. The fourth-order valence-corrected chi connectivity index (χ4v) is 2.89. The number of rotatable bonds is 6. The van der Waals surface area contributed by atoms with Crippen LogP contribution in [0.25, 0.3) is 0 Å². The highest BCUT2D eigenvalue weighted by molar-refractivity contribution is 5.72. The lowest BCUT2D eigenvalue weighted by atomic mass is 10.1. The maximum absolute atomic E-state index is 13.4. The lowest BCUT2D eigenvalue weighted by Gasteiger charge is -2.36. The smallest absolute Gasteiger partial charge is 0.396 e. The van der Waals surface area contributed by atoms with E-state index < -0.39 is 38.6 Å². The van der Waals surface area contributed by atoms with Gasteiger partial charge in [0.05, 0.1) is 21.5 Å². The predicted molar refractivity (Wildman–Crippen MR) is 85.1 cm³/mol. The minimum atomic E-state index is -4.97. The first kappa shape index (κ1) is 19.8. The van der Waals surface area contributed by atoms with Crippen molar-refractivity contribution in [1.82, 2.24) is 4.90 Å². The van der Waals surface area contributed by atoms with Crippen molar-refractivity contribution in [3.63, 3.8) is 0 Å². The SMILES string of the molecule is O=[N+]([O-])c1cc([N+](=O)[O-])c(N2CCN(CCCO)CC2)c(C(F)(F)F)c1. The molecule has 1 saturated heterocycles. The quantitative estimate of drug-likeness (QED) is 0.595. The minimum Gasteiger partial charge on any atom is -0.396 e. The summed E-state index contributed by atoms with van der Waals surface area (Å²) in [6.07, 6.45) is -4.45. The number of halogens is 3. The zero-order valence-electron chi connectivity index (χ0n) is 13.6. The van der Waals surface area contributed by atoms with Crippen LogP contribution in [0.2, 0.25) is 0 Å². The van der Waals surface area contributed by atoms with Gasteiger partial charge in [-0.3, -0.25) is 25.1 Å². The Labute approximate surface area is 145 Å². The van der Waals surface area contributed by atoms with Gasteiger partial charge in [-0.15, -0.1) is 0 Å². The maximum atomic E-state index is 13.4. The van der Waals surface area contributed by atoms with Gasteiger partial charge in [0.2, 0.25) is 0 Å². The van der Waals surface area contributed by atoms with Gasteiger partial charge in [0.25, 0.3) is 11.4 Å². The monoisotopic (exact) mass is 378 g/mol. The molecule has 1 aromatic carbocycles. The Morgan fingerprint density at radius 1 is 1.08 bits per heavy atom. The molecule has 144 valence electrons. The lowest BCUT2D eigenvalue weighted by Crippen LogP contribution is -2.47. The molecule has 1 fully saturated rings. The van der Waals surface area contributed by atoms with Crippen LogP contribution in [-0.4, -0.2) is 59.2 Å². The van der Waals surface area contributed by atoms with Crippen LogP contribution in [0, 0.1) is 20.2 Å². The van der Waals surface area contributed by atoms with Gasteiger partial charge in [0, 0.05) is 45.4 Å². The van der Waals surface area contributed by atoms with Gasteiger partial charge in [-0.2, -0.15) is 13.2 Å². The van der Waals surface area contributed by atoms with E-state index in [1.165, 1.54) is 4.90 Å². The molecule has 1 N–H and O–H groups in total. The third-order valence-electron chi connectivity index (χ3n) is 4.11. The van der Waals surface area contributed by atoms with Gasteiger partial charge in [-0.25, -0.2) is 0 Å². The summed E-state index contributed by atoms with van der Waals surface area (Å²) >= 11 is 0. The van der Waals surface area contributed by atoms with Crippen LogP contribution in [0.3, 0.4) is 0 Å². The average molecular weight is 378 g/mol. The van der Waals surface area contributed by atoms with Crippen LogP contribution in [0.15, 0.2) is 12.1 Å². The van der Waals surface area contributed by atoms with Crippen molar-refractivity contribution in [1.29, 1.82) is 0 Å². The number of alkyl halides is 3. The fourth-order valence-electron chi connectivity index (χ4n) is 2.89. The Hall–Kier alpha value is -2.47. The van der Waals surface area contributed by atoms with Gasteiger partial charge >= 0.3 is 6.18 Å². The number of nitrogens with zero attached hydrogens (tertiary/aromatic N) is 4. The molecule has 2 rings (SSSR count).